The molecule has 1 rings (SSSR count). The van der Waals surface area contributed by atoms with Crippen molar-refractivity contribution in [3.05, 3.63) is 23.5 Å². The predicted molar refractivity (Wildman–Crippen MR) is 74.2 cm³/mol. The van der Waals surface area contributed by atoms with E-state index in [-0.39, 0.29) is 18.8 Å². The van der Waals surface area contributed by atoms with Crippen LogP contribution < -0.4 is 10.1 Å². The molecule has 108 valence electrons. The van der Waals surface area contributed by atoms with Gasteiger partial charge in [0, 0.05) is 17.8 Å². The van der Waals surface area contributed by atoms with Crippen LogP contribution in [0.15, 0.2) is 12.1 Å². The number of nitrogens with one attached hydrogen (secondary N) is 1. The molecule has 0 amide bonds. The van der Waals surface area contributed by atoms with Crippen LogP contribution >= 0.6 is 0 Å². The van der Waals surface area contributed by atoms with Crippen LogP contribution in [0.5, 0.6) is 5.75 Å². The molecular weight excluding hydrogens is 244 g/mol. The second-order valence-electron chi connectivity index (χ2n) is 5.65. The Morgan fingerprint density at radius 3 is 2.63 bits per heavy atom. The minimum atomic E-state index is -0.871. The maximum absolute atomic E-state index is 9.31. The van der Waals surface area contributed by atoms with Crippen molar-refractivity contribution in [3.63, 3.8) is 0 Å². The Hall–Kier alpha value is -1.17. The molecule has 5 nitrogen and oxygen atoms in total. The lowest BCUT2D eigenvalue weighted by molar-refractivity contribution is 0.0530. The van der Waals surface area contributed by atoms with Crippen LogP contribution in [0.2, 0.25) is 0 Å². The molecule has 0 aliphatic rings. The summed E-state index contributed by atoms with van der Waals surface area (Å²) in [6, 6.07) is 3.70. The average Bonchev–Trinajstić information content (AvgIpc) is 2.33. The second-order valence-corrected chi connectivity index (χ2v) is 5.65. The van der Waals surface area contributed by atoms with E-state index in [4.69, 9.17) is 9.84 Å². The van der Waals surface area contributed by atoms with E-state index in [0.717, 1.165) is 11.4 Å². The van der Waals surface area contributed by atoms with Crippen LogP contribution in [-0.4, -0.2) is 40.1 Å². The van der Waals surface area contributed by atoms with Crippen LogP contribution in [0, 0.1) is 6.92 Å². The molecule has 1 heterocycles. The van der Waals surface area contributed by atoms with Crippen molar-refractivity contribution in [1.29, 1.82) is 0 Å². The number of ether oxygens (including phenoxy) is 1. The molecule has 0 aromatic carbocycles. The third-order valence-electron chi connectivity index (χ3n) is 2.50. The standard InChI is InChI=1S/C14H24N2O3/c1-10-5-6-13(19-9-11(18)8-17)12(16-10)7-15-14(2,3)4/h5-6,11,15,17-18H,7-9H2,1-4H3. The van der Waals surface area contributed by atoms with E-state index < -0.39 is 6.10 Å². The van der Waals surface area contributed by atoms with E-state index >= 15 is 0 Å². The monoisotopic (exact) mass is 268 g/mol. The highest BCUT2D eigenvalue weighted by Gasteiger charge is 2.13. The van der Waals surface area contributed by atoms with Gasteiger partial charge in [0.15, 0.2) is 0 Å². The SMILES string of the molecule is Cc1ccc(OCC(O)CO)c(CNC(C)(C)C)n1. The van der Waals surface area contributed by atoms with Gasteiger partial charge in [0.2, 0.25) is 0 Å². The van der Waals surface area contributed by atoms with Crippen molar-refractivity contribution >= 4 is 0 Å². The van der Waals surface area contributed by atoms with Gasteiger partial charge in [-0.3, -0.25) is 4.98 Å². The molecule has 0 bridgehead atoms. The molecule has 3 N–H and O–H groups in total. The van der Waals surface area contributed by atoms with Crippen LogP contribution in [0.1, 0.15) is 32.2 Å². The summed E-state index contributed by atoms with van der Waals surface area (Å²) >= 11 is 0. The lowest BCUT2D eigenvalue weighted by atomic mass is 10.1. The minimum absolute atomic E-state index is 0.00664. The number of rotatable bonds is 6. The van der Waals surface area contributed by atoms with E-state index in [0.29, 0.717) is 12.3 Å². The van der Waals surface area contributed by atoms with Crippen LogP contribution in [0.25, 0.3) is 0 Å². The molecule has 5 heteroatoms. The van der Waals surface area contributed by atoms with E-state index in [2.05, 4.69) is 31.1 Å². The number of aliphatic hydroxyl groups is 2. The summed E-state index contributed by atoms with van der Waals surface area (Å²) < 4.78 is 5.50. The van der Waals surface area contributed by atoms with E-state index in [1.807, 2.05) is 19.1 Å². The van der Waals surface area contributed by atoms with Gasteiger partial charge in [0.05, 0.1) is 12.3 Å². The Morgan fingerprint density at radius 1 is 1.37 bits per heavy atom. The van der Waals surface area contributed by atoms with Crippen molar-refractivity contribution < 1.29 is 14.9 Å². The quantitative estimate of drug-likeness (QED) is 0.718. The Labute approximate surface area is 114 Å². The summed E-state index contributed by atoms with van der Waals surface area (Å²) in [5, 5.41) is 21.4. The fraction of sp³-hybridized carbons (Fsp3) is 0.643. The zero-order valence-corrected chi connectivity index (χ0v) is 12.1. The van der Waals surface area contributed by atoms with Crippen LogP contribution in [0.4, 0.5) is 0 Å². The fourth-order valence-electron chi connectivity index (χ4n) is 1.44. The molecular formula is C14H24N2O3. The number of aliphatic hydroxyl groups excluding tert-OH is 2. The highest BCUT2D eigenvalue weighted by Crippen LogP contribution is 2.18. The van der Waals surface area contributed by atoms with E-state index in [1.54, 1.807) is 0 Å². The zero-order chi connectivity index (χ0) is 14.5. The van der Waals surface area contributed by atoms with Crippen molar-refractivity contribution in [2.45, 2.75) is 45.9 Å². The zero-order valence-electron chi connectivity index (χ0n) is 12.1. The van der Waals surface area contributed by atoms with Crippen LogP contribution in [-0.2, 0) is 6.54 Å². The Balaban J connectivity index is 2.74. The van der Waals surface area contributed by atoms with Gasteiger partial charge in [0.25, 0.3) is 0 Å². The summed E-state index contributed by atoms with van der Waals surface area (Å²) in [5.41, 5.74) is 1.72. The van der Waals surface area contributed by atoms with Crippen molar-refractivity contribution in [2.75, 3.05) is 13.2 Å². The minimum Gasteiger partial charge on any atom is -0.489 e. The molecule has 1 aromatic rings. The summed E-state index contributed by atoms with van der Waals surface area (Å²) in [6.45, 7) is 8.51. The molecule has 0 aliphatic carbocycles. The van der Waals surface area contributed by atoms with Crippen molar-refractivity contribution in [2.24, 2.45) is 0 Å². The van der Waals surface area contributed by atoms with Gasteiger partial charge in [-0.05, 0) is 39.8 Å². The Kier molecular flexibility index (Phi) is 5.72. The maximum atomic E-state index is 9.31. The molecule has 0 saturated heterocycles. The first-order valence-corrected chi connectivity index (χ1v) is 6.45. The number of hydrogen-bond donors (Lipinski definition) is 3. The molecule has 1 aromatic heterocycles. The second kappa shape index (κ2) is 6.84. The normalized spacial score (nSPS) is 13.4. The smallest absolute Gasteiger partial charge is 0.142 e. The third-order valence-corrected chi connectivity index (χ3v) is 2.50. The van der Waals surface area contributed by atoms with Gasteiger partial charge < -0.3 is 20.3 Å². The van der Waals surface area contributed by atoms with Crippen molar-refractivity contribution in [3.8, 4) is 5.75 Å². The lowest BCUT2D eigenvalue weighted by Gasteiger charge is -2.21. The number of nitrogens with zero attached hydrogens (tertiary/aromatic N) is 1. The van der Waals surface area contributed by atoms with E-state index in [9.17, 15) is 5.11 Å². The summed E-state index contributed by atoms with van der Waals surface area (Å²) in [7, 11) is 0. The Morgan fingerprint density at radius 2 is 2.05 bits per heavy atom. The highest BCUT2D eigenvalue weighted by atomic mass is 16.5. The molecule has 1 unspecified atom stereocenters. The number of pyridine rings is 1. The van der Waals surface area contributed by atoms with E-state index in [1.165, 1.54) is 0 Å². The summed E-state index contributed by atoms with van der Waals surface area (Å²) in [5.74, 6) is 0.634. The topological polar surface area (TPSA) is 74.6 Å². The fourth-order valence-corrected chi connectivity index (χ4v) is 1.44. The number of aryl methyl sites for hydroxylation is 1. The van der Waals surface area contributed by atoms with Crippen LogP contribution in [0.3, 0.4) is 0 Å². The molecule has 0 fully saturated rings. The molecule has 1 atom stereocenters. The highest BCUT2D eigenvalue weighted by molar-refractivity contribution is 5.29. The van der Waals surface area contributed by atoms with Gasteiger partial charge in [-0.25, -0.2) is 0 Å². The number of hydrogen-bond acceptors (Lipinski definition) is 5. The summed E-state index contributed by atoms with van der Waals surface area (Å²) in [6.07, 6.45) is -0.871. The molecule has 19 heavy (non-hydrogen) atoms. The largest absolute Gasteiger partial charge is 0.489 e. The summed E-state index contributed by atoms with van der Waals surface area (Å²) in [4.78, 5) is 4.45. The average molecular weight is 268 g/mol. The molecule has 0 saturated carbocycles. The first-order chi connectivity index (χ1) is 8.81. The first-order valence-electron chi connectivity index (χ1n) is 6.45. The van der Waals surface area contributed by atoms with Gasteiger partial charge >= 0.3 is 0 Å². The van der Waals surface area contributed by atoms with Gasteiger partial charge in [-0.2, -0.15) is 0 Å². The molecule has 0 radical (unpaired) electrons. The lowest BCUT2D eigenvalue weighted by Crippen LogP contribution is -2.35. The first kappa shape index (κ1) is 15.9. The molecule has 0 aliphatic heterocycles. The van der Waals surface area contributed by atoms with Gasteiger partial charge in [-0.1, -0.05) is 0 Å². The number of aromatic nitrogens is 1. The van der Waals surface area contributed by atoms with Gasteiger partial charge in [0.1, 0.15) is 18.5 Å². The molecule has 0 spiro atoms. The van der Waals surface area contributed by atoms with Crippen molar-refractivity contribution in [1.82, 2.24) is 10.3 Å². The predicted octanol–water partition coefficient (Wildman–Crippen LogP) is 1.01. The third kappa shape index (κ3) is 6.00. The Bertz CT molecular complexity index is 402. The maximum Gasteiger partial charge on any atom is 0.142 e. The van der Waals surface area contributed by atoms with Gasteiger partial charge in [-0.15, -0.1) is 0 Å².